The molecule has 1 aromatic rings. The average molecular weight is 272 g/mol. The van der Waals surface area contributed by atoms with Crippen molar-refractivity contribution in [3.63, 3.8) is 0 Å². The highest BCUT2D eigenvalue weighted by molar-refractivity contribution is 7.89. The van der Waals surface area contributed by atoms with Gasteiger partial charge in [0, 0.05) is 13.1 Å². The maximum atomic E-state index is 11.5. The van der Waals surface area contributed by atoms with Gasteiger partial charge in [-0.2, -0.15) is 0 Å². The molecule has 0 radical (unpaired) electrons. The third-order valence-electron chi connectivity index (χ3n) is 2.49. The Morgan fingerprint density at radius 1 is 1.28 bits per heavy atom. The summed E-state index contributed by atoms with van der Waals surface area (Å²) in [6.07, 6.45) is 0.649. The second kappa shape index (κ2) is 7.35. The Hall–Kier alpha value is -1.11. The summed E-state index contributed by atoms with van der Waals surface area (Å²) >= 11 is 0. The third kappa shape index (κ3) is 5.48. The minimum Gasteiger partial charge on any atom is -0.497 e. The number of sulfonamides is 1. The van der Waals surface area contributed by atoms with Crippen molar-refractivity contribution < 1.29 is 13.2 Å². The Labute approximate surface area is 109 Å². The van der Waals surface area contributed by atoms with Crippen LogP contribution < -0.4 is 14.8 Å². The van der Waals surface area contributed by atoms with Crippen LogP contribution in [0.25, 0.3) is 0 Å². The van der Waals surface area contributed by atoms with Crippen molar-refractivity contribution in [1.29, 1.82) is 0 Å². The summed E-state index contributed by atoms with van der Waals surface area (Å²) in [5.41, 5.74) is 1.05. The number of methoxy groups -OCH3 is 1. The number of ether oxygens (including phenoxy) is 1. The van der Waals surface area contributed by atoms with Gasteiger partial charge in [-0.3, -0.25) is 0 Å². The number of rotatable bonds is 8. The van der Waals surface area contributed by atoms with Crippen molar-refractivity contribution >= 4 is 10.0 Å². The Morgan fingerprint density at radius 3 is 2.72 bits per heavy atom. The molecule has 2 N–H and O–H groups in total. The first-order valence-corrected chi connectivity index (χ1v) is 7.47. The van der Waals surface area contributed by atoms with Crippen LogP contribution in [0, 0.1) is 0 Å². The molecule has 0 saturated carbocycles. The predicted octanol–water partition coefficient (Wildman–Crippen LogP) is 0.377. The van der Waals surface area contributed by atoms with E-state index in [0.717, 1.165) is 11.3 Å². The van der Waals surface area contributed by atoms with E-state index in [9.17, 15) is 8.42 Å². The maximum Gasteiger partial charge on any atom is 0.212 e. The number of hydrogen-bond acceptors (Lipinski definition) is 4. The summed E-state index contributed by atoms with van der Waals surface area (Å²) in [4.78, 5) is 0. The second-order valence-electron chi connectivity index (χ2n) is 3.92. The highest BCUT2D eigenvalue weighted by Gasteiger charge is 2.08. The quantitative estimate of drug-likeness (QED) is 0.718. The van der Waals surface area contributed by atoms with Crippen LogP contribution in [0.4, 0.5) is 0 Å². The molecular weight excluding hydrogens is 252 g/mol. The lowest BCUT2D eigenvalue weighted by Gasteiger charge is -2.07. The molecule has 1 aromatic carbocycles. The van der Waals surface area contributed by atoms with E-state index in [4.69, 9.17) is 4.74 Å². The summed E-state index contributed by atoms with van der Waals surface area (Å²) < 4.78 is 30.7. The summed E-state index contributed by atoms with van der Waals surface area (Å²) in [6.45, 7) is 0.855. The van der Waals surface area contributed by atoms with Gasteiger partial charge in [-0.25, -0.2) is 13.1 Å². The molecule has 0 saturated heterocycles. The SMILES string of the molecule is CNCCS(=O)(=O)NCCc1cccc(OC)c1. The molecule has 0 bridgehead atoms. The van der Waals surface area contributed by atoms with Gasteiger partial charge in [0.15, 0.2) is 0 Å². The summed E-state index contributed by atoms with van der Waals surface area (Å²) in [6, 6.07) is 7.61. The van der Waals surface area contributed by atoms with E-state index in [-0.39, 0.29) is 5.75 Å². The molecule has 0 heterocycles. The normalized spacial score (nSPS) is 11.4. The monoisotopic (exact) mass is 272 g/mol. The molecule has 1 rings (SSSR count). The second-order valence-corrected chi connectivity index (χ2v) is 5.84. The van der Waals surface area contributed by atoms with Crippen LogP contribution in [0.15, 0.2) is 24.3 Å². The molecule has 0 unspecified atom stereocenters. The minimum atomic E-state index is -3.17. The first-order valence-electron chi connectivity index (χ1n) is 5.82. The van der Waals surface area contributed by atoms with Crippen LogP contribution in [0.1, 0.15) is 5.56 Å². The highest BCUT2D eigenvalue weighted by atomic mass is 32.2. The topological polar surface area (TPSA) is 67.4 Å². The van der Waals surface area contributed by atoms with Gasteiger partial charge in [0.1, 0.15) is 5.75 Å². The van der Waals surface area contributed by atoms with E-state index in [2.05, 4.69) is 10.0 Å². The van der Waals surface area contributed by atoms with Crippen LogP contribution in [0.2, 0.25) is 0 Å². The smallest absolute Gasteiger partial charge is 0.212 e. The van der Waals surface area contributed by atoms with Gasteiger partial charge in [-0.15, -0.1) is 0 Å². The summed E-state index contributed by atoms with van der Waals surface area (Å²) in [7, 11) is 0.165. The number of nitrogens with one attached hydrogen (secondary N) is 2. The van der Waals surface area contributed by atoms with Gasteiger partial charge < -0.3 is 10.1 Å². The lowest BCUT2D eigenvalue weighted by atomic mass is 10.1. The zero-order valence-electron chi connectivity index (χ0n) is 10.8. The fraction of sp³-hybridized carbons (Fsp3) is 0.500. The first-order chi connectivity index (χ1) is 8.57. The molecule has 0 aliphatic heterocycles. The zero-order chi connectivity index (χ0) is 13.4. The molecular formula is C12H20N2O3S. The minimum absolute atomic E-state index is 0.0988. The predicted molar refractivity (Wildman–Crippen MR) is 72.4 cm³/mol. The Kier molecular flexibility index (Phi) is 6.11. The molecule has 0 aliphatic carbocycles. The maximum absolute atomic E-state index is 11.5. The Bertz CT molecular complexity index is 460. The van der Waals surface area contributed by atoms with Gasteiger partial charge in [0.05, 0.1) is 12.9 Å². The van der Waals surface area contributed by atoms with Crippen molar-refractivity contribution in [2.24, 2.45) is 0 Å². The van der Waals surface area contributed by atoms with Crippen LogP contribution in [-0.4, -0.2) is 41.4 Å². The van der Waals surface area contributed by atoms with Crippen molar-refractivity contribution in [2.45, 2.75) is 6.42 Å². The van der Waals surface area contributed by atoms with Gasteiger partial charge in [-0.05, 0) is 31.2 Å². The Morgan fingerprint density at radius 2 is 2.06 bits per heavy atom. The van der Waals surface area contributed by atoms with Crippen LogP contribution >= 0.6 is 0 Å². The molecule has 0 aliphatic rings. The van der Waals surface area contributed by atoms with E-state index in [1.54, 1.807) is 14.2 Å². The fourth-order valence-corrected chi connectivity index (χ4v) is 2.52. The van der Waals surface area contributed by atoms with Gasteiger partial charge in [-0.1, -0.05) is 12.1 Å². The lowest BCUT2D eigenvalue weighted by molar-refractivity contribution is 0.414. The number of hydrogen-bond donors (Lipinski definition) is 2. The van der Waals surface area contributed by atoms with E-state index in [1.165, 1.54) is 0 Å². The van der Waals surface area contributed by atoms with E-state index >= 15 is 0 Å². The lowest BCUT2D eigenvalue weighted by Crippen LogP contribution is -2.32. The molecule has 0 amide bonds. The molecule has 0 spiro atoms. The summed E-state index contributed by atoms with van der Waals surface area (Å²) in [5.74, 6) is 0.882. The van der Waals surface area contributed by atoms with E-state index < -0.39 is 10.0 Å². The van der Waals surface area contributed by atoms with E-state index in [1.807, 2.05) is 24.3 Å². The molecule has 18 heavy (non-hydrogen) atoms. The van der Waals surface area contributed by atoms with Crippen LogP contribution in [0.3, 0.4) is 0 Å². The highest BCUT2D eigenvalue weighted by Crippen LogP contribution is 2.12. The molecule has 0 aromatic heterocycles. The standard InChI is InChI=1S/C12H20N2O3S/c1-13-8-9-18(15,16)14-7-6-11-4-3-5-12(10-11)17-2/h3-5,10,13-14H,6-9H2,1-2H3. The van der Waals surface area contributed by atoms with Crippen molar-refractivity contribution in [3.8, 4) is 5.75 Å². The average Bonchev–Trinajstić information content (AvgIpc) is 2.36. The molecule has 0 fully saturated rings. The van der Waals surface area contributed by atoms with Gasteiger partial charge in [0.2, 0.25) is 10.0 Å². The van der Waals surface area contributed by atoms with Gasteiger partial charge >= 0.3 is 0 Å². The van der Waals surface area contributed by atoms with E-state index in [0.29, 0.717) is 19.5 Å². The number of benzene rings is 1. The van der Waals surface area contributed by atoms with Crippen LogP contribution in [0.5, 0.6) is 5.75 Å². The fourth-order valence-electron chi connectivity index (χ4n) is 1.49. The third-order valence-corrected chi connectivity index (χ3v) is 3.88. The van der Waals surface area contributed by atoms with Crippen LogP contribution in [-0.2, 0) is 16.4 Å². The van der Waals surface area contributed by atoms with Gasteiger partial charge in [0.25, 0.3) is 0 Å². The van der Waals surface area contributed by atoms with Crippen molar-refractivity contribution in [2.75, 3.05) is 33.0 Å². The van der Waals surface area contributed by atoms with Crippen molar-refractivity contribution in [1.82, 2.24) is 10.0 Å². The molecule has 0 atom stereocenters. The Balaban J connectivity index is 2.41. The zero-order valence-corrected chi connectivity index (χ0v) is 11.6. The molecule has 5 nitrogen and oxygen atoms in total. The first kappa shape index (κ1) is 14.9. The molecule has 102 valence electrons. The molecule has 6 heteroatoms. The summed E-state index contributed by atoms with van der Waals surface area (Å²) in [5, 5.41) is 2.81. The van der Waals surface area contributed by atoms with Crippen molar-refractivity contribution in [3.05, 3.63) is 29.8 Å². The largest absolute Gasteiger partial charge is 0.497 e.